The van der Waals surface area contributed by atoms with Crippen LogP contribution in [0.3, 0.4) is 0 Å². The number of nitrogens with one attached hydrogen (secondary N) is 1. The number of aromatic nitrogens is 2. The summed E-state index contributed by atoms with van der Waals surface area (Å²) in [7, 11) is 0. The minimum atomic E-state index is -0.390. The van der Waals surface area contributed by atoms with Crippen molar-refractivity contribution in [1.29, 1.82) is 0 Å². The van der Waals surface area contributed by atoms with E-state index in [0.29, 0.717) is 16.7 Å². The van der Waals surface area contributed by atoms with Gasteiger partial charge in [0.1, 0.15) is 17.0 Å². The van der Waals surface area contributed by atoms with E-state index in [4.69, 9.17) is 5.73 Å². The van der Waals surface area contributed by atoms with Crippen LogP contribution in [0.5, 0.6) is 0 Å². The van der Waals surface area contributed by atoms with Gasteiger partial charge in [-0.1, -0.05) is 19.3 Å². The number of hydrogen-bond donors (Lipinski definition) is 2. The van der Waals surface area contributed by atoms with Crippen LogP contribution in [0.1, 0.15) is 43.7 Å². The molecule has 1 aliphatic carbocycles. The molecule has 2 aromatic rings. The third kappa shape index (κ3) is 1.93. The molecule has 0 unspecified atom stereocenters. The van der Waals surface area contributed by atoms with Crippen molar-refractivity contribution >= 4 is 22.4 Å². The van der Waals surface area contributed by atoms with E-state index >= 15 is 0 Å². The lowest BCUT2D eigenvalue weighted by Crippen LogP contribution is -2.11. The maximum atomic E-state index is 11.3. The number of nitrogen functional groups attached to an aromatic ring is 1. The van der Waals surface area contributed by atoms with Gasteiger partial charge in [0.05, 0.1) is 4.92 Å². The minimum absolute atomic E-state index is 0.000926. The fourth-order valence-corrected chi connectivity index (χ4v) is 2.96. The number of pyridine rings is 1. The summed E-state index contributed by atoms with van der Waals surface area (Å²) in [5.41, 5.74) is 7.40. The molecule has 0 aromatic carbocycles. The number of fused-ring (bicyclic) bond motifs is 1. The molecule has 0 radical (unpaired) electrons. The average Bonchev–Trinajstić information content (AvgIpc) is 2.87. The van der Waals surface area contributed by atoms with Crippen molar-refractivity contribution < 1.29 is 4.92 Å². The van der Waals surface area contributed by atoms with Crippen LogP contribution in [0, 0.1) is 10.1 Å². The van der Waals surface area contributed by atoms with Crippen LogP contribution < -0.4 is 5.73 Å². The summed E-state index contributed by atoms with van der Waals surface area (Å²) in [6.07, 6.45) is 7.03. The molecule has 6 nitrogen and oxygen atoms in total. The van der Waals surface area contributed by atoms with Crippen LogP contribution in [0.2, 0.25) is 0 Å². The first-order valence-corrected chi connectivity index (χ1v) is 6.59. The zero-order valence-electron chi connectivity index (χ0n) is 10.6. The zero-order chi connectivity index (χ0) is 13.4. The molecule has 3 N–H and O–H groups in total. The van der Waals surface area contributed by atoms with Crippen molar-refractivity contribution in [2.45, 2.75) is 38.0 Å². The van der Waals surface area contributed by atoms with Crippen LogP contribution >= 0.6 is 0 Å². The lowest BCUT2D eigenvalue weighted by Gasteiger charge is -2.21. The first-order chi connectivity index (χ1) is 9.18. The summed E-state index contributed by atoms with van der Waals surface area (Å²) in [6.45, 7) is 0. The highest BCUT2D eigenvalue weighted by molar-refractivity contribution is 5.94. The van der Waals surface area contributed by atoms with Gasteiger partial charge < -0.3 is 10.7 Å². The monoisotopic (exact) mass is 260 g/mol. The maximum absolute atomic E-state index is 11.3. The molecule has 0 atom stereocenters. The Morgan fingerprint density at radius 3 is 2.79 bits per heavy atom. The maximum Gasteiger partial charge on any atom is 0.314 e. The highest BCUT2D eigenvalue weighted by atomic mass is 16.6. The molecule has 1 saturated carbocycles. The molecular weight excluding hydrogens is 244 g/mol. The third-order valence-electron chi connectivity index (χ3n) is 3.92. The zero-order valence-corrected chi connectivity index (χ0v) is 10.6. The predicted molar refractivity (Wildman–Crippen MR) is 73.0 cm³/mol. The Morgan fingerprint density at radius 1 is 1.37 bits per heavy atom. The van der Waals surface area contributed by atoms with Crippen LogP contribution in [0.25, 0.3) is 11.0 Å². The van der Waals surface area contributed by atoms with Crippen molar-refractivity contribution in [2.24, 2.45) is 0 Å². The van der Waals surface area contributed by atoms with Crippen molar-refractivity contribution in [3.63, 3.8) is 0 Å². The Morgan fingerprint density at radius 2 is 2.11 bits per heavy atom. The van der Waals surface area contributed by atoms with E-state index in [0.717, 1.165) is 25.7 Å². The van der Waals surface area contributed by atoms with Crippen LogP contribution in [0.4, 0.5) is 11.4 Å². The molecule has 6 heteroatoms. The summed E-state index contributed by atoms with van der Waals surface area (Å²) in [5.74, 6) is 0.157. The molecule has 3 rings (SSSR count). The van der Waals surface area contributed by atoms with Gasteiger partial charge in [0.15, 0.2) is 0 Å². The number of nitrogens with two attached hydrogens (primary N) is 1. The smallest absolute Gasteiger partial charge is 0.314 e. The first-order valence-electron chi connectivity index (χ1n) is 6.59. The second-order valence-electron chi connectivity index (χ2n) is 5.09. The number of aromatic amines is 1. The fourth-order valence-electron chi connectivity index (χ4n) is 2.96. The molecule has 19 heavy (non-hydrogen) atoms. The van der Waals surface area contributed by atoms with Gasteiger partial charge in [-0.3, -0.25) is 10.1 Å². The SMILES string of the molecule is Nc1c([N+](=O)[O-])c(C2CCCCC2)nc2[nH]ccc12. The fraction of sp³-hybridized carbons (Fsp3) is 0.462. The Labute approximate surface area is 110 Å². The molecule has 0 bridgehead atoms. The minimum Gasteiger partial charge on any atom is -0.392 e. The standard InChI is InChI=1S/C13H16N4O2/c14-10-9-6-7-15-13(9)16-11(12(10)17(18)19)8-4-2-1-3-5-8/h6-8H,1-5H2,(H3,14,15,16). The molecule has 0 aliphatic heterocycles. The Kier molecular flexibility index (Phi) is 2.85. The van der Waals surface area contributed by atoms with Crippen molar-refractivity contribution in [1.82, 2.24) is 9.97 Å². The number of hydrogen-bond acceptors (Lipinski definition) is 4. The van der Waals surface area contributed by atoms with E-state index < -0.39 is 4.92 Å². The van der Waals surface area contributed by atoms with Gasteiger partial charge in [-0.15, -0.1) is 0 Å². The van der Waals surface area contributed by atoms with Gasteiger partial charge >= 0.3 is 5.69 Å². The quantitative estimate of drug-likeness (QED) is 0.640. The van der Waals surface area contributed by atoms with Gasteiger partial charge in [-0.25, -0.2) is 4.98 Å². The van der Waals surface area contributed by atoms with E-state index in [9.17, 15) is 10.1 Å². The number of nitro groups is 1. The Hall–Kier alpha value is -2.11. The molecule has 1 fully saturated rings. The van der Waals surface area contributed by atoms with Crippen LogP contribution in [0.15, 0.2) is 12.3 Å². The highest BCUT2D eigenvalue weighted by Gasteiger charge is 2.29. The van der Waals surface area contributed by atoms with Crippen molar-refractivity contribution in [2.75, 3.05) is 5.73 Å². The third-order valence-corrected chi connectivity index (χ3v) is 3.92. The molecule has 2 heterocycles. The second kappa shape index (κ2) is 4.53. The average molecular weight is 260 g/mol. The molecule has 0 saturated heterocycles. The lowest BCUT2D eigenvalue weighted by molar-refractivity contribution is -0.385. The summed E-state index contributed by atoms with van der Waals surface area (Å²) in [5, 5.41) is 12.0. The predicted octanol–water partition coefficient (Wildman–Crippen LogP) is 3.10. The number of anilines is 1. The van der Waals surface area contributed by atoms with Crippen LogP contribution in [-0.2, 0) is 0 Å². The summed E-state index contributed by atoms with van der Waals surface area (Å²) in [4.78, 5) is 18.4. The molecule has 0 spiro atoms. The van der Waals surface area contributed by atoms with Gasteiger partial charge in [-0.2, -0.15) is 0 Å². The molecule has 2 aromatic heterocycles. The highest BCUT2D eigenvalue weighted by Crippen LogP contribution is 2.40. The summed E-state index contributed by atoms with van der Waals surface area (Å²) < 4.78 is 0. The van der Waals surface area contributed by atoms with E-state index in [1.165, 1.54) is 6.42 Å². The van der Waals surface area contributed by atoms with Gasteiger partial charge in [0.25, 0.3) is 0 Å². The second-order valence-corrected chi connectivity index (χ2v) is 5.09. The Balaban J connectivity index is 2.20. The van der Waals surface area contributed by atoms with Gasteiger partial charge in [0.2, 0.25) is 0 Å². The lowest BCUT2D eigenvalue weighted by atomic mass is 9.85. The summed E-state index contributed by atoms with van der Waals surface area (Å²) in [6, 6.07) is 1.73. The first kappa shape index (κ1) is 12.0. The number of rotatable bonds is 2. The molecule has 100 valence electrons. The van der Waals surface area contributed by atoms with Crippen molar-refractivity contribution in [3.05, 3.63) is 28.1 Å². The molecule has 0 amide bonds. The molecule has 1 aliphatic rings. The topological polar surface area (TPSA) is 97.8 Å². The van der Waals surface area contributed by atoms with E-state index in [-0.39, 0.29) is 17.3 Å². The van der Waals surface area contributed by atoms with Crippen LogP contribution in [-0.4, -0.2) is 14.9 Å². The summed E-state index contributed by atoms with van der Waals surface area (Å²) >= 11 is 0. The molecular formula is C13H16N4O2. The number of nitrogens with zero attached hydrogens (tertiary/aromatic N) is 2. The van der Waals surface area contributed by atoms with Gasteiger partial charge in [-0.05, 0) is 18.9 Å². The van der Waals surface area contributed by atoms with E-state index in [2.05, 4.69) is 9.97 Å². The van der Waals surface area contributed by atoms with Crippen molar-refractivity contribution in [3.8, 4) is 0 Å². The van der Waals surface area contributed by atoms with E-state index in [1.807, 2.05) is 0 Å². The normalized spacial score (nSPS) is 16.8. The Bertz CT molecular complexity index is 629. The number of H-pyrrole nitrogens is 1. The largest absolute Gasteiger partial charge is 0.392 e. The van der Waals surface area contributed by atoms with Gasteiger partial charge in [0, 0.05) is 17.5 Å². The van der Waals surface area contributed by atoms with E-state index in [1.54, 1.807) is 12.3 Å².